The molecule has 0 atom stereocenters. The Hall–Kier alpha value is -2.82. The molecule has 0 aliphatic carbocycles. The predicted octanol–water partition coefficient (Wildman–Crippen LogP) is 2.68. The van der Waals surface area contributed by atoms with E-state index < -0.39 is 5.97 Å². The van der Waals surface area contributed by atoms with E-state index in [1.54, 1.807) is 18.2 Å². The number of hydrogen-bond acceptors (Lipinski definition) is 3. The molecular weight excluding hydrogens is 292 g/mol. The van der Waals surface area contributed by atoms with E-state index in [-0.39, 0.29) is 12.5 Å². The minimum absolute atomic E-state index is 0.384. The summed E-state index contributed by atoms with van der Waals surface area (Å²) in [5.41, 5.74) is 3.73. The number of amides is 1. The standard InChI is InChI=1S/C18H20N2O3/c1-2-14-7-3-4-9-16(14)19-11-13-6-5-8-15(10-13)18(23)20-12-17(21)22/h3-10,19H,2,11-12H2,1H3,(H,20,23)(H,21,22). The number of carboxylic acids is 1. The molecule has 5 heteroatoms. The van der Waals surface area contributed by atoms with E-state index in [4.69, 9.17) is 5.11 Å². The van der Waals surface area contributed by atoms with Crippen molar-refractivity contribution in [1.82, 2.24) is 5.32 Å². The van der Waals surface area contributed by atoms with Crippen molar-refractivity contribution in [2.45, 2.75) is 19.9 Å². The Labute approximate surface area is 135 Å². The van der Waals surface area contributed by atoms with Crippen LogP contribution in [0.25, 0.3) is 0 Å². The lowest BCUT2D eigenvalue weighted by Gasteiger charge is -2.11. The molecule has 0 saturated carbocycles. The maximum absolute atomic E-state index is 11.9. The molecule has 0 aliphatic heterocycles. The summed E-state index contributed by atoms with van der Waals surface area (Å²) in [5, 5.41) is 14.3. The molecule has 0 heterocycles. The van der Waals surface area contributed by atoms with Gasteiger partial charge in [0, 0.05) is 17.8 Å². The molecule has 0 bridgehead atoms. The van der Waals surface area contributed by atoms with Gasteiger partial charge in [-0.3, -0.25) is 9.59 Å². The Bertz CT molecular complexity index is 698. The van der Waals surface area contributed by atoms with Gasteiger partial charge in [-0.2, -0.15) is 0 Å². The first-order chi connectivity index (χ1) is 11.1. The fourth-order valence-electron chi connectivity index (χ4n) is 2.28. The number of carboxylic acid groups (broad SMARTS) is 1. The lowest BCUT2D eigenvalue weighted by Crippen LogP contribution is -2.29. The average Bonchev–Trinajstić information content (AvgIpc) is 2.58. The van der Waals surface area contributed by atoms with Gasteiger partial charge in [0.25, 0.3) is 5.91 Å². The zero-order valence-corrected chi connectivity index (χ0v) is 13.0. The molecule has 1 amide bonds. The van der Waals surface area contributed by atoms with Gasteiger partial charge in [0.1, 0.15) is 6.54 Å². The molecule has 3 N–H and O–H groups in total. The predicted molar refractivity (Wildman–Crippen MR) is 89.6 cm³/mol. The number of hydrogen-bond donors (Lipinski definition) is 3. The molecule has 120 valence electrons. The van der Waals surface area contributed by atoms with Crippen molar-refractivity contribution in [3.63, 3.8) is 0 Å². The van der Waals surface area contributed by atoms with E-state index in [1.807, 2.05) is 24.3 Å². The maximum Gasteiger partial charge on any atom is 0.322 e. The number of para-hydroxylation sites is 1. The minimum atomic E-state index is -1.06. The Morgan fingerprint density at radius 2 is 1.87 bits per heavy atom. The summed E-state index contributed by atoms with van der Waals surface area (Å²) in [7, 11) is 0. The van der Waals surface area contributed by atoms with Crippen molar-refractivity contribution >= 4 is 17.6 Å². The third-order valence-corrected chi connectivity index (χ3v) is 3.47. The van der Waals surface area contributed by atoms with Crippen LogP contribution in [-0.4, -0.2) is 23.5 Å². The molecule has 0 saturated heterocycles. The van der Waals surface area contributed by atoms with Gasteiger partial charge in [-0.1, -0.05) is 37.3 Å². The van der Waals surface area contributed by atoms with Gasteiger partial charge in [0.05, 0.1) is 0 Å². The molecule has 2 aromatic carbocycles. The lowest BCUT2D eigenvalue weighted by molar-refractivity contribution is -0.135. The van der Waals surface area contributed by atoms with Crippen LogP contribution in [0.2, 0.25) is 0 Å². The van der Waals surface area contributed by atoms with Gasteiger partial charge in [-0.15, -0.1) is 0 Å². The first-order valence-corrected chi connectivity index (χ1v) is 7.51. The SMILES string of the molecule is CCc1ccccc1NCc1cccc(C(=O)NCC(=O)O)c1. The molecule has 0 unspecified atom stereocenters. The topological polar surface area (TPSA) is 78.4 Å². The van der Waals surface area contributed by atoms with Crippen molar-refractivity contribution in [2.75, 3.05) is 11.9 Å². The van der Waals surface area contributed by atoms with Crippen molar-refractivity contribution in [3.05, 3.63) is 65.2 Å². The number of rotatable bonds is 7. The fraction of sp³-hybridized carbons (Fsp3) is 0.222. The van der Waals surface area contributed by atoms with Crippen molar-refractivity contribution < 1.29 is 14.7 Å². The van der Waals surface area contributed by atoms with E-state index in [0.29, 0.717) is 12.1 Å². The highest BCUT2D eigenvalue weighted by atomic mass is 16.4. The number of nitrogens with one attached hydrogen (secondary N) is 2. The van der Waals surface area contributed by atoms with Crippen LogP contribution in [0, 0.1) is 0 Å². The Balaban J connectivity index is 2.02. The van der Waals surface area contributed by atoms with Gasteiger partial charge < -0.3 is 15.7 Å². The molecule has 0 spiro atoms. The summed E-state index contributed by atoms with van der Waals surface area (Å²) >= 11 is 0. The van der Waals surface area contributed by atoms with Crippen LogP contribution in [0.15, 0.2) is 48.5 Å². The number of carbonyl (C=O) groups excluding carboxylic acids is 1. The van der Waals surface area contributed by atoms with Crippen LogP contribution in [0.3, 0.4) is 0 Å². The van der Waals surface area contributed by atoms with Crippen LogP contribution in [-0.2, 0) is 17.8 Å². The average molecular weight is 312 g/mol. The van der Waals surface area contributed by atoms with Crippen LogP contribution in [0.4, 0.5) is 5.69 Å². The second-order valence-corrected chi connectivity index (χ2v) is 5.14. The van der Waals surface area contributed by atoms with Gasteiger partial charge in [0.15, 0.2) is 0 Å². The molecule has 23 heavy (non-hydrogen) atoms. The number of carbonyl (C=O) groups is 2. The molecule has 0 aromatic heterocycles. The lowest BCUT2D eigenvalue weighted by atomic mass is 10.1. The van der Waals surface area contributed by atoms with E-state index in [1.165, 1.54) is 5.56 Å². The summed E-state index contributed by atoms with van der Waals surface area (Å²) in [6.45, 7) is 2.32. The Morgan fingerprint density at radius 3 is 2.61 bits per heavy atom. The fourth-order valence-corrected chi connectivity index (χ4v) is 2.28. The summed E-state index contributed by atoms with van der Waals surface area (Å²) < 4.78 is 0. The largest absolute Gasteiger partial charge is 0.480 e. The summed E-state index contributed by atoms with van der Waals surface area (Å²) in [6.07, 6.45) is 0.945. The minimum Gasteiger partial charge on any atom is -0.480 e. The zero-order valence-electron chi connectivity index (χ0n) is 13.0. The molecule has 0 fully saturated rings. The summed E-state index contributed by atoms with van der Waals surface area (Å²) in [4.78, 5) is 22.4. The van der Waals surface area contributed by atoms with Crippen molar-refractivity contribution in [2.24, 2.45) is 0 Å². The van der Waals surface area contributed by atoms with E-state index in [0.717, 1.165) is 17.7 Å². The highest BCUT2D eigenvalue weighted by molar-refractivity contribution is 5.95. The second kappa shape index (κ2) is 7.98. The van der Waals surface area contributed by atoms with Crippen LogP contribution in [0.5, 0.6) is 0 Å². The number of benzene rings is 2. The maximum atomic E-state index is 11.9. The molecule has 2 rings (SSSR count). The van der Waals surface area contributed by atoms with Gasteiger partial charge >= 0.3 is 5.97 Å². The highest BCUT2D eigenvalue weighted by Gasteiger charge is 2.08. The van der Waals surface area contributed by atoms with Crippen molar-refractivity contribution in [1.29, 1.82) is 0 Å². The highest BCUT2D eigenvalue weighted by Crippen LogP contribution is 2.17. The van der Waals surface area contributed by atoms with Gasteiger partial charge in [-0.25, -0.2) is 0 Å². The molecule has 5 nitrogen and oxygen atoms in total. The Kier molecular flexibility index (Phi) is 5.74. The third-order valence-electron chi connectivity index (χ3n) is 3.47. The van der Waals surface area contributed by atoms with Gasteiger partial charge in [-0.05, 0) is 35.7 Å². The molecule has 0 aliphatic rings. The molecule has 0 radical (unpaired) electrons. The zero-order chi connectivity index (χ0) is 16.7. The van der Waals surface area contributed by atoms with Crippen LogP contribution >= 0.6 is 0 Å². The Morgan fingerprint density at radius 1 is 1.09 bits per heavy atom. The molecular formula is C18H20N2O3. The number of anilines is 1. The normalized spacial score (nSPS) is 10.1. The van der Waals surface area contributed by atoms with Crippen molar-refractivity contribution in [3.8, 4) is 0 Å². The first kappa shape index (κ1) is 16.5. The van der Waals surface area contributed by atoms with E-state index in [9.17, 15) is 9.59 Å². The first-order valence-electron chi connectivity index (χ1n) is 7.51. The summed E-state index contributed by atoms with van der Waals surface area (Å²) in [6, 6.07) is 15.3. The quantitative estimate of drug-likeness (QED) is 0.734. The van der Waals surface area contributed by atoms with Crippen LogP contribution < -0.4 is 10.6 Å². The second-order valence-electron chi connectivity index (χ2n) is 5.14. The van der Waals surface area contributed by atoms with Crippen LogP contribution in [0.1, 0.15) is 28.4 Å². The summed E-state index contributed by atoms with van der Waals surface area (Å²) in [5.74, 6) is -1.45. The molecule has 2 aromatic rings. The number of aliphatic carboxylic acids is 1. The van der Waals surface area contributed by atoms with E-state index >= 15 is 0 Å². The smallest absolute Gasteiger partial charge is 0.322 e. The monoisotopic (exact) mass is 312 g/mol. The van der Waals surface area contributed by atoms with Gasteiger partial charge in [0.2, 0.25) is 0 Å². The number of aryl methyl sites for hydroxylation is 1. The van der Waals surface area contributed by atoms with E-state index in [2.05, 4.69) is 23.6 Å². The third kappa shape index (κ3) is 4.85.